The van der Waals surface area contributed by atoms with Crippen molar-refractivity contribution in [2.75, 3.05) is 26.2 Å². The summed E-state index contributed by atoms with van der Waals surface area (Å²) in [4.78, 5) is 24.8. The van der Waals surface area contributed by atoms with Gasteiger partial charge in [-0.25, -0.2) is 0 Å². The van der Waals surface area contributed by atoms with E-state index in [2.05, 4.69) is 0 Å². The van der Waals surface area contributed by atoms with Crippen LogP contribution in [0.5, 0.6) is 0 Å². The molecule has 0 aromatic carbocycles. The van der Waals surface area contributed by atoms with Crippen LogP contribution in [0.4, 0.5) is 13.2 Å². The Bertz CT molecular complexity index is 283. The highest BCUT2D eigenvalue weighted by Crippen LogP contribution is 2.21. The fourth-order valence-electron chi connectivity index (χ4n) is 1.55. The van der Waals surface area contributed by atoms with E-state index in [0.717, 1.165) is 4.90 Å². The van der Waals surface area contributed by atoms with Crippen molar-refractivity contribution >= 4 is 11.8 Å². The highest BCUT2D eigenvalue weighted by molar-refractivity contribution is 5.78. The van der Waals surface area contributed by atoms with Crippen LogP contribution < -0.4 is 0 Å². The second kappa shape index (κ2) is 4.71. The first-order valence-corrected chi connectivity index (χ1v) is 4.89. The Kier molecular flexibility index (Phi) is 3.77. The average molecular weight is 238 g/mol. The molecule has 16 heavy (non-hydrogen) atoms. The van der Waals surface area contributed by atoms with Crippen LogP contribution in [-0.2, 0) is 9.59 Å². The van der Waals surface area contributed by atoms with Crippen LogP contribution in [0.1, 0.15) is 13.3 Å². The summed E-state index contributed by atoms with van der Waals surface area (Å²) in [6.45, 7) is 2.36. The van der Waals surface area contributed by atoms with E-state index in [4.69, 9.17) is 0 Å². The van der Waals surface area contributed by atoms with E-state index < -0.39 is 18.5 Å². The molecule has 0 N–H and O–H groups in total. The van der Waals surface area contributed by atoms with Gasteiger partial charge in [0.1, 0.15) is 6.42 Å². The lowest BCUT2D eigenvalue weighted by molar-refractivity contribution is -0.163. The van der Waals surface area contributed by atoms with E-state index in [1.54, 1.807) is 0 Å². The molecule has 0 spiro atoms. The van der Waals surface area contributed by atoms with Gasteiger partial charge in [-0.05, 0) is 0 Å². The Morgan fingerprint density at radius 2 is 1.50 bits per heavy atom. The second-order valence-electron chi connectivity index (χ2n) is 3.68. The Balaban J connectivity index is 2.42. The van der Waals surface area contributed by atoms with Gasteiger partial charge in [0.25, 0.3) is 0 Å². The molecular weight excluding hydrogens is 225 g/mol. The Hall–Kier alpha value is -1.27. The summed E-state index contributed by atoms with van der Waals surface area (Å²) in [5.74, 6) is -1.04. The standard InChI is InChI=1S/C9H13F3N2O2/c1-7(15)13-2-4-14(5-3-13)8(16)6-9(10,11)12/h2-6H2,1H3. The zero-order valence-electron chi connectivity index (χ0n) is 8.88. The summed E-state index contributed by atoms with van der Waals surface area (Å²) >= 11 is 0. The molecule has 4 nitrogen and oxygen atoms in total. The van der Waals surface area contributed by atoms with Crippen molar-refractivity contribution in [2.24, 2.45) is 0 Å². The van der Waals surface area contributed by atoms with Crippen molar-refractivity contribution < 1.29 is 22.8 Å². The number of piperazine rings is 1. The molecule has 92 valence electrons. The van der Waals surface area contributed by atoms with Gasteiger partial charge in [0.15, 0.2) is 0 Å². The molecule has 0 saturated carbocycles. The van der Waals surface area contributed by atoms with Gasteiger partial charge in [-0.2, -0.15) is 13.2 Å². The van der Waals surface area contributed by atoms with Gasteiger partial charge in [0.05, 0.1) is 0 Å². The first-order valence-electron chi connectivity index (χ1n) is 4.89. The maximum Gasteiger partial charge on any atom is 0.397 e. The van der Waals surface area contributed by atoms with Gasteiger partial charge in [0, 0.05) is 33.1 Å². The lowest BCUT2D eigenvalue weighted by atomic mass is 10.2. The van der Waals surface area contributed by atoms with Crippen LogP contribution >= 0.6 is 0 Å². The third-order valence-corrected chi connectivity index (χ3v) is 2.43. The summed E-state index contributed by atoms with van der Waals surface area (Å²) in [5, 5.41) is 0. The normalized spacial score (nSPS) is 17.5. The summed E-state index contributed by atoms with van der Waals surface area (Å²) < 4.78 is 35.9. The first-order chi connectivity index (χ1) is 7.29. The van der Waals surface area contributed by atoms with Gasteiger partial charge in [-0.3, -0.25) is 9.59 Å². The number of alkyl halides is 3. The van der Waals surface area contributed by atoms with E-state index in [1.807, 2.05) is 0 Å². The summed E-state index contributed by atoms with van der Waals surface area (Å²) in [6, 6.07) is 0. The Morgan fingerprint density at radius 1 is 1.06 bits per heavy atom. The van der Waals surface area contributed by atoms with Crippen molar-refractivity contribution in [1.29, 1.82) is 0 Å². The highest BCUT2D eigenvalue weighted by atomic mass is 19.4. The number of carbonyl (C=O) groups excluding carboxylic acids is 2. The van der Waals surface area contributed by atoms with Gasteiger partial charge in [0.2, 0.25) is 11.8 Å². The van der Waals surface area contributed by atoms with E-state index in [1.165, 1.54) is 11.8 Å². The molecule has 1 fully saturated rings. The van der Waals surface area contributed by atoms with Crippen LogP contribution in [0.3, 0.4) is 0 Å². The number of halogens is 3. The molecule has 0 unspecified atom stereocenters. The van der Waals surface area contributed by atoms with Crippen molar-refractivity contribution in [2.45, 2.75) is 19.5 Å². The molecule has 1 heterocycles. The van der Waals surface area contributed by atoms with E-state index in [9.17, 15) is 22.8 Å². The molecule has 1 aliphatic heterocycles. The summed E-state index contributed by atoms with van der Waals surface area (Å²) in [7, 11) is 0. The predicted molar refractivity (Wildman–Crippen MR) is 49.5 cm³/mol. The Morgan fingerprint density at radius 3 is 1.88 bits per heavy atom. The monoisotopic (exact) mass is 238 g/mol. The fraction of sp³-hybridized carbons (Fsp3) is 0.778. The van der Waals surface area contributed by atoms with Gasteiger partial charge >= 0.3 is 6.18 Å². The number of amides is 2. The van der Waals surface area contributed by atoms with Crippen molar-refractivity contribution in [3.05, 3.63) is 0 Å². The van der Waals surface area contributed by atoms with Crippen LogP contribution in [-0.4, -0.2) is 54.0 Å². The maximum atomic E-state index is 12.0. The third kappa shape index (κ3) is 3.71. The topological polar surface area (TPSA) is 40.6 Å². The van der Waals surface area contributed by atoms with Gasteiger partial charge in [-0.15, -0.1) is 0 Å². The minimum Gasteiger partial charge on any atom is -0.339 e. The van der Waals surface area contributed by atoms with Crippen LogP contribution in [0, 0.1) is 0 Å². The molecule has 0 radical (unpaired) electrons. The minimum absolute atomic E-state index is 0.122. The smallest absolute Gasteiger partial charge is 0.339 e. The third-order valence-electron chi connectivity index (χ3n) is 2.43. The molecule has 2 amide bonds. The zero-order valence-corrected chi connectivity index (χ0v) is 8.88. The van der Waals surface area contributed by atoms with Gasteiger partial charge < -0.3 is 9.80 Å². The summed E-state index contributed by atoms with van der Waals surface area (Å²) in [5.41, 5.74) is 0. The molecule has 7 heteroatoms. The molecule has 0 aromatic rings. The van der Waals surface area contributed by atoms with E-state index in [-0.39, 0.29) is 19.0 Å². The summed E-state index contributed by atoms with van der Waals surface area (Å²) in [6.07, 6.45) is -5.89. The molecule has 1 aliphatic rings. The largest absolute Gasteiger partial charge is 0.397 e. The fourth-order valence-corrected chi connectivity index (χ4v) is 1.55. The molecule has 0 atom stereocenters. The maximum absolute atomic E-state index is 12.0. The quantitative estimate of drug-likeness (QED) is 0.672. The van der Waals surface area contributed by atoms with Crippen molar-refractivity contribution in [1.82, 2.24) is 9.80 Å². The predicted octanol–water partition coefficient (Wildman–Crippen LogP) is 0.630. The lowest BCUT2D eigenvalue weighted by Gasteiger charge is -2.34. The van der Waals surface area contributed by atoms with Crippen LogP contribution in [0.25, 0.3) is 0 Å². The van der Waals surface area contributed by atoms with E-state index >= 15 is 0 Å². The van der Waals surface area contributed by atoms with E-state index in [0.29, 0.717) is 13.1 Å². The lowest BCUT2D eigenvalue weighted by Crippen LogP contribution is -2.50. The molecule has 1 saturated heterocycles. The number of rotatable bonds is 1. The average Bonchev–Trinajstić information content (AvgIpc) is 2.15. The number of carbonyl (C=O) groups is 2. The minimum atomic E-state index is -4.46. The molecular formula is C9H13F3N2O2. The molecule has 1 rings (SSSR count). The van der Waals surface area contributed by atoms with Gasteiger partial charge in [-0.1, -0.05) is 0 Å². The number of hydrogen-bond acceptors (Lipinski definition) is 2. The number of nitrogens with zero attached hydrogens (tertiary/aromatic N) is 2. The van der Waals surface area contributed by atoms with Crippen molar-refractivity contribution in [3.63, 3.8) is 0 Å². The van der Waals surface area contributed by atoms with Crippen LogP contribution in [0.15, 0.2) is 0 Å². The van der Waals surface area contributed by atoms with Crippen LogP contribution in [0.2, 0.25) is 0 Å². The second-order valence-corrected chi connectivity index (χ2v) is 3.68. The molecule has 0 aliphatic carbocycles. The molecule has 0 aromatic heterocycles. The van der Waals surface area contributed by atoms with Crippen molar-refractivity contribution in [3.8, 4) is 0 Å². The SMILES string of the molecule is CC(=O)N1CCN(C(=O)CC(F)(F)F)CC1. The first kappa shape index (κ1) is 12.8. The molecule has 0 bridgehead atoms. The Labute approximate surface area is 91.0 Å². The highest BCUT2D eigenvalue weighted by Gasteiger charge is 2.34. The zero-order chi connectivity index (χ0) is 12.3. The number of hydrogen-bond donors (Lipinski definition) is 0.